The third-order valence-corrected chi connectivity index (χ3v) is 7.43. The van der Waals surface area contributed by atoms with E-state index in [0.717, 1.165) is 23.4 Å². The maximum absolute atomic E-state index is 11.7. The molecule has 1 aliphatic carbocycles. The molecule has 5 rings (SSSR count). The maximum atomic E-state index is 11.7. The van der Waals surface area contributed by atoms with Crippen molar-refractivity contribution in [1.29, 1.82) is 0 Å². The second-order valence-electron chi connectivity index (χ2n) is 8.27. The van der Waals surface area contributed by atoms with E-state index in [2.05, 4.69) is 60.8 Å². The molecular weight excluding hydrogens is 404 g/mol. The number of thioether (sulfide) groups is 1. The average Bonchev–Trinajstić information content (AvgIpc) is 3.28. The number of benzene rings is 3. The fraction of sp³-hybridized carbons (Fsp3) is 0.231. The fourth-order valence-corrected chi connectivity index (χ4v) is 5.80. The first-order valence-electron chi connectivity index (χ1n) is 10.6. The van der Waals surface area contributed by atoms with Gasteiger partial charge in [-0.2, -0.15) is 0 Å². The number of nitro groups is 1. The van der Waals surface area contributed by atoms with Crippen LogP contribution in [-0.4, -0.2) is 4.92 Å². The normalized spacial score (nSPS) is 21.3. The molecule has 0 saturated heterocycles. The Morgan fingerprint density at radius 2 is 1.84 bits per heavy atom. The van der Waals surface area contributed by atoms with Crippen molar-refractivity contribution in [3.63, 3.8) is 0 Å². The van der Waals surface area contributed by atoms with Crippen LogP contribution < -0.4 is 5.32 Å². The van der Waals surface area contributed by atoms with Crippen molar-refractivity contribution in [2.24, 2.45) is 5.92 Å². The van der Waals surface area contributed by atoms with E-state index in [-0.39, 0.29) is 28.5 Å². The van der Waals surface area contributed by atoms with Crippen LogP contribution in [0.3, 0.4) is 0 Å². The van der Waals surface area contributed by atoms with Crippen molar-refractivity contribution in [3.8, 4) is 0 Å². The maximum Gasteiger partial charge on any atom is 0.274 e. The van der Waals surface area contributed by atoms with Crippen LogP contribution in [0.15, 0.2) is 83.8 Å². The van der Waals surface area contributed by atoms with Gasteiger partial charge in [0.2, 0.25) is 0 Å². The SMILES string of the molecule is Cc1cc(CSc2ccccc2)cc2c1N[C@H](c1ccccc1[N+](=O)[O-])[C@H]1CC=C[C@@H]21. The van der Waals surface area contributed by atoms with E-state index >= 15 is 0 Å². The van der Waals surface area contributed by atoms with Crippen LogP contribution >= 0.6 is 11.8 Å². The van der Waals surface area contributed by atoms with E-state index in [4.69, 9.17) is 0 Å². The van der Waals surface area contributed by atoms with E-state index in [1.807, 2.05) is 30.0 Å². The van der Waals surface area contributed by atoms with Gasteiger partial charge in [0, 0.05) is 28.3 Å². The summed E-state index contributed by atoms with van der Waals surface area (Å²) in [5.74, 6) is 1.48. The summed E-state index contributed by atoms with van der Waals surface area (Å²) in [5.41, 5.74) is 5.93. The molecule has 0 fully saturated rings. The van der Waals surface area contributed by atoms with Gasteiger partial charge in [-0.1, -0.05) is 60.7 Å². The molecule has 0 aromatic heterocycles. The third-order valence-electron chi connectivity index (χ3n) is 6.34. The fourth-order valence-electron chi connectivity index (χ4n) is 4.96. The molecule has 4 nitrogen and oxygen atoms in total. The molecule has 156 valence electrons. The monoisotopic (exact) mass is 428 g/mol. The topological polar surface area (TPSA) is 55.2 Å². The van der Waals surface area contributed by atoms with Gasteiger partial charge in [-0.3, -0.25) is 10.1 Å². The number of nitro benzene ring substituents is 1. The number of nitrogens with one attached hydrogen (secondary N) is 1. The number of para-hydroxylation sites is 1. The van der Waals surface area contributed by atoms with Crippen LogP contribution in [0, 0.1) is 23.0 Å². The summed E-state index contributed by atoms with van der Waals surface area (Å²) in [6.07, 6.45) is 5.45. The molecule has 1 N–H and O–H groups in total. The molecule has 0 unspecified atom stereocenters. The van der Waals surface area contributed by atoms with Gasteiger partial charge >= 0.3 is 0 Å². The largest absolute Gasteiger partial charge is 0.377 e. The molecule has 0 amide bonds. The predicted molar refractivity (Wildman–Crippen MR) is 127 cm³/mol. The molecule has 31 heavy (non-hydrogen) atoms. The Labute approximate surface area is 186 Å². The zero-order valence-electron chi connectivity index (χ0n) is 17.3. The van der Waals surface area contributed by atoms with E-state index < -0.39 is 0 Å². The lowest BCUT2D eigenvalue weighted by molar-refractivity contribution is -0.385. The minimum absolute atomic E-state index is 0.0719. The summed E-state index contributed by atoms with van der Waals surface area (Å²) in [6, 6.07) is 22.1. The number of hydrogen-bond acceptors (Lipinski definition) is 4. The first-order chi connectivity index (χ1) is 15.1. The standard InChI is InChI=1S/C26H24N2O2S/c1-17-14-18(16-31-19-8-3-2-4-9-19)15-23-20-11-7-12-21(20)26(27-25(17)23)22-10-5-6-13-24(22)28(29)30/h2-11,13-15,20-21,26-27H,12,16H2,1H3/t20-,21+,26+/m1/s1. The van der Waals surface area contributed by atoms with E-state index in [1.54, 1.807) is 12.1 Å². The Hall–Kier alpha value is -3.05. The van der Waals surface area contributed by atoms with Gasteiger partial charge in [0.05, 0.1) is 16.5 Å². The van der Waals surface area contributed by atoms with Crippen LogP contribution in [-0.2, 0) is 5.75 Å². The summed E-state index contributed by atoms with van der Waals surface area (Å²) >= 11 is 1.85. The molecule has 0 radical (unpaired) electrons. The van der Waals surface area contributed by atoms with Gasteiger partial charge in [-0.05, 0) is 48.1 Å². The predicted octanol–water partition coefficient (Wildman–Crippen LogP) is 7.02. The minimum Gasteiger partial charge on any atom is -0.377 e. The van der Waals surface area contributed by atoms with Gasteiger partial charge in [0.15, 0.2) is 0 Å². The van der Waals surface area contributed by atoms with Gasteiger partial charge in [-0.15, -0.1) is 11.8 Å². The van der Waals surface area contributed by atoms with Crippen molar-refractivity contribution < 1.29 is 4.92 Å². The number of allylic oxidation sites excluding steroid dienone is 2. The highest BCUT2D eigenvalue weighted by Gasteiger charge is 2.40. The number of rotatable bonds is 5. The second kappa shape index (κ2) is 8.23. The smallest absolute Gasteiger partial charge is 0.274 e. The van der Waals surface area contributed by atoms with Gasteiger partial charge in [-0.25, -0.2) is 0 Å². The van der Waals surface area contributed by atoms with Crippen LogP contribution in [0.1, 0.15) is 40.6 Å². The second-order valence-corrected chi connectivity index (χ2v) is 9.32. The molecule has 3 atom stereocenters. The highest BCUT2D eigenvalue weighted by atomic mass is 32.2. The van der Waals surface area contributed by atoms with Gasteiger partial charge in [0.25, 0.3) is 5.69 Å². The number of fused-ring (bicyclic) bond motifs is 3. The summed E-state index contributed by atoms with van der Waals surface area (Å²) in [5, 5.41) is 15.4. The quantitative estimate of drug-likeness (QED) is 0.205. The van der Waals surface area contributed by atoms with E-state index in [1.165, 1.54) is 21.6 Å². The van der Waals surface area contributed by atoms with Crippen LogP contribution in [0.4, 0.5) is 11.4 Å². The van der Waals surface area contributed by atoms with Crippen molar-refractivity contribution in [2.75, 3.05) is 5.32 Å². The third kappa shape index (κ3) is 3.74. The molecule has 1 heterocycles. The molecule has 0 saturated carbocycles. The Bertz CT molecular complexity index is 1160. The first-order valence-corrected chi connectivity index (χ1v) is 11.6. The minimum atomic E-state index is -0.263. The Morgan fingerprint density at radius 3 is 2.65 bits per heavy atom. The van der Waals surface area contributed by atoms with Crippen LogP contribution in [0.5, 0.6) is 0 Å². The number of aryl methyl sites for hydroxylation is 1. The van der Waals surface area contributed by atoms with E-state index in [0.29, 0.717) is 0 Å². The lowest BCUT2D eigenvalue weighted by Gasteiger charge is -2.38. The molecule has 3 aromatic rings. The molecule has 2 aliphatic rings. The zero-order chi connectivity index (χ0) is 21.4. The Kier molecular flexibility index (Phi) is 5.28. The van der Waals surface area contributed by atoms with Crippen molar-refractivity contribution >= 4 is 23.1 Å². The summed E-state index contributed by atoms with van der Waals surface area (Å²) in [4.78, 5) is 12.7. The number of hydrogen-bond donors (Lipinski definition) is 1. The van der Waals surface area contributed by atoms with Crippen molar-refractivity contribution in [1.82, 2.24) is 0 Å². The lowest BCUT2D eigenvalue weighted by Crippen LogP contribution is -2.30. The molecule has 5 heteroatoms. The molecular formula is C26H24N2O2S. The summed E-state index contributed by atoms with van der Waals surface area (Å²) in [7, 11) is 0. The van der Waals surface area contributed by atoms with Crippen molar-refractivity contribution in [3.05, 3.63) is 111 Å². The molecule has 0 spiro atoms. The van der Waals surface area contributed by atoms with Crippen molar-refractivity contribution in [2.45, 2.75) is 36.0 Å². The first kappa shape index (κ1) is 19.9. The Balaban J connectivity index is 1.49. The lowest BCUT2D eigenvalue weighted by atomic mass is 9.75. The molecule has 1 aliphatic heterocycles. The van der Waals surface area contributed by atoms with Gasteiger partial charge < -0.3 is 5.32 Å². The number of anilines is 1. The average molecular weight is 429 g/mol. The molecule has 3 aromatic carbocycles. The van der Waals surface area contributed by atoms with E-state index in [9.17, 15) is 10.1 Å². The highest BCUT2D eigenvalue weighted by molar-refractivity contribution is 7.98. The summed E-state index contributed by atoms with van der Waals surface area (Å²) in [6.45, 7) is 2.14. The molecule has 0 bridgehead atoms. The summed E-state index contributed by atoms with van der Waals surface area (Å²) < 4.78 is 0. The highest BCUT2D eigenvalue weighted by Crippen LogP contribution is 2.52. The van der Waals surface area contributed by atoms with Crippen LogP contribution in [0.25, 0.3) is 0 Å². The Morgan fingerprint density at radius 1 is 1.06 bits per heavy atom. The van der Waals surface area contributed by atoms with Gasteiger partial charge in [0.1, 0.15) is 0 Å². The number of nitrogens with zero attached hydrogens (tertiary/aromatic N) is 1. The zero-order valence-corrected chi connectivity index (χ0v) is 18.1. The van der Waals surface area contributed by atoms with Crippen LogP contribution in [0.2, 0.25) is 0 Å².